The van der Waals surface area contributed by atoms with E-state index in [9.17, 15) is 4.79 Å². The van der Waals surface area contributed by atoms with Crippen molar-refractivity contribution in [1.29, 1.82) is 0 Å². The monoisotopic (exact) mass is 317 g/mol. The fraction of sp³-hybridized carbons (Fsp3) is 0.455. The van der Waals surface area contributed by atoms with Crippen molar-refractivity contribution in [3.05, 3.63) is 21.9 Å². The fourth-order valence-electron chi connectivity index (χ4n) is 1.42. The number of nitrogens with zero attached hydrogens (tertiary/aromatic N) is 1. The van der Waals surface area contributed by atoms with Crippen molar-refractivity contribution < 1.29 is 4.79 Å². The van der Waals surface area contributed by atoms with E-state index in [1.165, 1.54) is 19.0 Å². The quantitative estimate of drug-likeness (QED) is 0.820. The van der Waals surface area contributed by atoms with Crippen LogP contribution in [0.2, 0.25) is 5.02 Å². The van der Waals surface area contributed by atoms with Crippen LogP contribution in [0.5, 0.6) is 0 Å². The predicted octanol–water partition coefficient (Wildman–Crippen LogP) is 2.44. The highest BCUT2D eigenvalue weighted by molar-refractivity contribution is 9.10. The number of nitrogens with one attached hydrogen (secondary N) is 2. The molecule has 92 valence electrons. The molecule has 0 atom stereocenters. The molecule has 0 spiro atoms. The Bertz CT molecular complexity index is 423. The highest BCUT2D eigenvalue weighted by Crippen LogP contribution is 2.27. The van der Waals surface area contributed by atoms with Gasteiger partial charge in [-0.15, -0.1) is 0 Å². The summed E-state index contributed by atoms with van der Waals surface area (Å²) in [4.78, 5) is 15.6. The molecule has 1 fully saturated rings. The molecule has 1 amide bonds. The van der Waals surface area contributed by atoms with E-state index in [4.69, 9.17) is 11.6 Å². The van der Waals surface area contributed by atoms with Crippen LogP contribution < -0.4 is 10.6 Å². The molecule has 1 aromatic heterocycles. The van der Waals surface area contributed by atoms with E-state index >= 15 is 0 Å². The van der Waals surface area contributed by atoms with Gasteiger partial charge in [-0.05, 0) is 47.3 Å². The number of hydrogen-bond acceptors (Lipinski definition) is 3. The molecule has 0 bridgehead atoms. The number of carbonyl (C=O) groups excluding carboxylic acids is 1. The van der Waals surface area contributed by atoms with E-state index in [2.05, 4.69) is 31.5 Å². The Labute approximate surface area is 113 Å². The normalized spacial score (nSPS) is 14.7. The first-order valence-electron chi connectivity index (χ1n) is 5.47. The van der Waals surface area contributed by atoms with Gasteiger partial charge in [0, 0.05) is 6.20 Å². The van der Waals surface area contributed by atoms with Gasteiger partial charge in [0.05, 0.1) is 17.3 Å². The smallest absolute Gasteiger partial charge is 0.238 e. The highest BCUT2D eigenvalue weighted by atomic mass is 79.9. The van der Waals surface area contributed by atoms with Crippen molar-refractivity contribution in [2.45, 2.75) is 12.8 Å². The SMILES string of the molecule is O=C(CNCC1CC1)Nc1cc(Cl)cnc1Br. The van der Waals surface area contributed by atoms with Crippen LogP contribution in [-0.4, -0.2) is 24.0 Å². The average molecular weight is 319 g/mol. The summed E-state index contributed by atoms with van der Waals surface area (Å²) in [6.07, 6.45) is 4.07. The zero-order chi connectivity index (χ0) is 12.3. The third-order valence-electron chi connectivity index (χ3n) is 2.50. The average Bonchev–Trinajstić information content (AvgIpc) is 3.07. The van der Waals surface area contributed by atoms with Crippen molar-refractivity contribution in [2.24, 2.45) is 5.92 Å². The van der Waals surface area contributed by atoms with E-state index in [0.29, 0.717) is 21.9 Å². The molecule has 1 aliphatic rings. The Morgan fingerprint density at radius 2 is 2.35 bits per heavy atom. The number of hydrogen-bond donors (Lipinski definition) is 2. The topological polar surface area (TPSA) is 54.0 Å². The molecular formula is C11H13BrClN3O. The molecule has 1 aromatic rings. The number of halogens is 2. The van der Waals surface area contributed by atoms with Crippen molar-refractivity contribution >= 4 is 39.1 Å². The summed E-state index contributed by atoms with van der Waals surface area (Å²) in [5, 5.41) is 6.37. The van der Waals surface area contributed by atoms with Gasteiger partial charge in [-0.3, -0.25) is 4.79 Å². The van der Waals surface area contributed by atoms with Gasteiger partial charge < -0.3 is 10.6 Å². The van der Waals surface area contributed by atoms with Crippen molar-refractivity contribution in [3.63, 3.8) is 0 Å². The molecule has 17 heavy (non-hydrogen) atoms. The number of rotatable bonds is 5. The van der Waals surface area contributed by atoms with Gasteiger partial charge in [-0.1, -0.05) is 11.6 Å². The Balaban J connectivity index is 1.81. The zero-order valence-corrected chi connectivity index (χ0v) is 11.5. The molecule has 1 saturated carbocycles. The number of carbonyl (C=O) groups is 1. The first-order chi connectivity index (χ1) is 8.15. The standard InChI is InChI=1S/C11H13BrClN3O/c12-11-9(3-8(13)5-15-11)16-10(17)6-14-4-7-1-2-7/h3,5,7,14H,1-2,4,6H2,(H,16,17). The van der Waals surface area contributed by atoms with Crippen molar-refractivity contribution in [3.8, 4) is 0 Å². The highest BCUT2D eigenvalue weighted by Gasteiger charge is 2.20. The maximum absolute atomic E-state index is 11.6. The summed E-state index contributed by atoms with van der Waals surface area (Å²) < 4.78 is 0.581. The summed E-state index contributed by atoms with van der Waals surface area (Å²) in [7, 11) is 0. The molecule has 0 unspecified atom stereocenters. The van der Waals surface area contributed by atoms with E-state index in [0.717, 1.165) is 12.5 Å². The van der Waals surface area contributed by atoms with Crippen LogP contribution in [0.3, 0.4) is 0 Å². The fourth-order valence-corrected chi connectivity index (χ4v) is 1.89. The summed E-state index contributed by atoms with van der Waals surface area (Å²) in [6.45, 7) is 1.23. The van der Waals surface area contributed by atoms with Crippen LogP contribution in [0.25, 0.3) is 0 Å². The molecule has 2 N–H and O–H groups in total. The molecule has 0 aliphatic heterocycles. The largest absolute Gasteiger partial charge is 0.323 e. The zero-order valence-electron chi connectivity index (χ0n) is 9.17. The van der Waals surface area contributed by atoms with Gasteiger partial charge in [-0.25, -0.2) is 4.98 Å². The molecule has 1 heterocycles. The van der Waals surface area contributed by atoms with Crippen molar-refractivity contribution in [1.82, 2.24) is 10.3 Å². The minimum atomic E-state index is -0.0876. The summed E-state index contributed by atoms with van der Waals surface area (Å²) in [6, 6.07) is 1.66. The Hall–Kier alpha value is -0.650. The maximum Gasteiger partial charge on any atom is 0.238 e. The lowest BCUT2D eigenvalue weighted by Crippen LogP contribution is -2.29. The summed E-state index contributed by atoms with van der Waals surface area (Å²) in [5.74, 6) is 0.679. The summed E-state index contributed by atoms with van der Waals surface area (Å²) in [5.41, 5.74) is 0.593. The molecular weight excluding hydrogens is 305 g/mol. The van der Waals surface area contributed by atoms with Crippen LogP contribution in [0.1, 0.15) is 12.8 Å². The first-order valence-corrected chi connectivity index (χ1v) is 6.64. The van der Waals surface area contributed by atoms with Gasteiger partial charge in [0.2, 0.25) is 5.91 Å². The van der Waals surface area contributed by atoms with Gasteiger partial charge in [-0.2, -0.15) is 0 Å². The minimum Gasteiger partial charge on any atom is -0.323 e. The third-order valence-corrected chi connectivity index (χ3v) is 3.33. The Kier molecular flexibility index (Phi) is 4.36. The molecule has 0 saturated heterocycles. The van der Waals surface area contributed by atoms with Crippen LogP contribution in [0, 0.1) is 5.92 Å². The molecule has 2 rings (SSSR count). The van der Waals surface area contributed by atoms with E-state index < -0.39 is 0 Å². The predicted molar refractivity (Wildman–Crippen MR) is 71.2 cm³/mol. The number of aromatic nitrogens is 1. The second kappa shape index (κ2) is 5.80. The summed E-state index contributed by atoms with van der Waals surface area (Å²) >= 11 is 9.06. The lowest BCUT2D eigenvalue weighted by atomic mass is 10.4. The van der Waals surface area contributed by atoms with Crippen LogP contribution in [-0.2, 0) is 4.79 Å². The van der Waals surface area contributed by atoms with Gasteiger partial charge in [0.15, 0.2) is 0 Å². The second-order valence-corrected chi connectivity index (χ2v) is 5.30. The van der Waals surface area contributed by atoms with Gasteiger partial charge in [0.25, 0.3) is 0 Å². The number of pyridine rings is 1. The van der Waals surface area contributed by atoms with Gasteiger partial charge in [0.1, 0.15) is 4.60 Å². The minimum absolute atomic E-state index is 0.0876. The number of amides is 1. The lowest BCUT2D eigenvalue weighted by molar-refractivity contribution is -0.115. The van der Waals surface area contributed by atoms with E-state index in [-0.39, 0.29) is 5.91 Å². The van der Waals surface area contributed by atoms with E-state index in [1.807, 2.05) is 0 Å². The molecule has 0 radical (unpaired) electrons. The van der Waals surface area contributed by atoms with Crippen LogP contribution in [0.4, 0.5) is 5.69 Å². The van der Waals surface area contributed by atoms with Gasteiger partial charge >= 0.3 is 0 Å². The Morgan fingerprint density at radius 3 is 3.06 bits per heavy atom. The second-order valence-electron chi connectivity index (χ2n) is 4.11. The van der Waals surface area contributed by atoms with Crippen LogP contribution in [0.15, 0.2) is 16.9 Å². The molecule has 4 nitrogen and oxygen atoms in total. The molecule has 6 heteroatoms. The number of anilines is 1. The maximum atomic E-state index is 11.6. The molecule has 1 aliphatic carbocycles. The van der Waals surface area contributed by atoms with E-state index in [1.54, 1.807) is 6.07 Å². The lowest BCUT2D eigenvalue weighted by Gasteiger charge is -2.07. The Morgan fingerprint density at radius 1 is 1.59 bits per heavy atom. The molecule has 0 aromatic carbocycles. The third kappa shape index (κ3) is 4.26. The van der Waals surface area contributed by atoms with Crippen molar-refractivity contribution in [2.75, 3.05) is 18.4 Å². The van der Waals surface area contributed by atoms with Crippen LogP contribution >= 0.6 is 27.5 Å². The first kappa shape index (κ1) is 12.8.